The van der Waals surface area contributed by atoms with Crippen LogP contribution in [-0.4, -0.2) is 15.0 Å². The van der Waals surface area contributed by atoms with E-state index in [1.54, 1.807) is 0 Å². The fourth-order valence-electron chi connectivity index (χ4n) is 8.80. The van der Waals surface area contributed by atoms with Crippen LogP contribution in [0.25, 0.3) is 66.1 Å². The molecular formula is C63H69IrN3+3. The van der Waals surface area contributed by atoms with E-state index in [2.05, 4.69) is 200 Å². The van der Waals surface area contributed by atoms with Crippen molar-refractivity contribution in [3.8, 4) is 33.8 Å². The summed E-state index contributed by atoms with van der Waals surface area (Å²) >= 11 is 0. The van der Waals surface area contributed by atoms with Crippen molar-refractivity contribution in [3.63, 3.8) is 0 Å². The average molecular weight is 1060 g/mol. The minimum Gasteiger partial charge on any atom is -0.256 e. The van der Waals surface area contributed by atoms with Crippen LogP contribution in [0.1, 0.15) is 115 Å². The van der Waals surface area contributed by atoms with Crippen LogP contribution < -0.4 is 0 Å². The zero-order valence-corrected chi connectivity index (χ0v) is 42.5. The second kappa shape index (κ2) is 27.7. The van der Waals surface area contributed by atoms with Crippen LogP contribution in [0.2, 0.25) is 0 Å². The van der Waals surface area contributed by atoms with E-state index in [1.165, 1.54) is 162 Å². The van der Waals surface area contributed by atoms with Crippen molar-refractivity contribution >= 4 is 32.3 Å². The third kappa shape index (κ3) is 14.8. The number of nitrogens with zero attached hydrogens (tertiary/aromatic N) is 3. The van der Waals surface area contributed by atoms with Crippen molar-refractivity contribution in [2.45, 2.75) is 117 Å². The van der Waals surface area contributed by atoms with Gasteiger partial charge in [-0.25, -0.2) is 0 Å². The van der Waals surface area contributed by atoms with Crippen LogP contribution in [-0.2, 0) is 39.4 Å². The molecule has 0 atom stereocenters. The molecule has 0 bridgehead atoms. The predicted molar refractivity (Wildman–Crippen MR) is 285 cm³/mol. The van der Waals surface area contributed by atoms with E-state index >= 15 is 0 Å². The molecule has 0 saturated heterocycles. The molecule has 3 nitrogen and oxygen atoms in total. The van der Waals surface area contributed by atoms with Gasteiger partial charge in [-0.1, -0.05) is 224 Å². The minimum absolute atomic E-state index is 0. The maximum absolute atomic E-state index is 4.59. The minimum atomic E-state index is 0. The number of unbranched alkanes of at least 4 members (excludes halogenated alkanes) is 9. The standard InChI is InChI=1S/3C21H23N.Ir/c3*1-2-3-4-5-8-17-11-13-19(14-12-17)21-20-10-7-6-9-18(20)15-16-22-21;/h3*6-7,9-16H,2-5,8H2,1H3;/q;;;+3. The Balaban J connectivity index is 0.000000165. The summed E-state index contributed by atoms with van der Waals surface area (Å²) in [6.45, 7) is 6.77. The molecule has 0 unspecified atom stereocenters. The van der Waals surface area contributed by atoms with E-state index in [0.717, 1.165) is 17.1 Å². The maximum Gasteiger partial charge on any atom is 3.00 e. The number of hydrogen-bond acceptors (Lipinski definition) is 3. The van der Waals surface area contributed by atoms with Crippen molar-refractivity contribution in [3.05, 3.63) is 199 Å². The van der Waals surface area contributed by atoms with Gasteiger partial charge in [0, 0.05) is 51.4 Å². The number of hydrogen-bond donors (Lipinski definition) is 0. The number of benzene rings is 6. The zero-order valence-electron chi connectivity index (χ0n) is 40.1. The van der Waals surface area contributed by atoms with Crippen LogP contribution in [0, 0.1) is 0 Å². The second-order valence-corrected chi connectivity index (χ2v) is 17.7. The molecule has 4 heteroatoms. The summed E-state index contributed by atoms with van der Waals surface area (Å²) in [7, 11) is 0. The molecule has 9 rings (SSSR count). The van der Waals surface area contributed by atoms with Crippen molar-refractivity contribution < 1.29 is 20.1 Å². The van der Waals surface area contributed by atoms with Crippen molar-refractivity contribution in [2.24, 2.45) is 0 Å². The first kappa shape index (κ1) is 50.6. The molecule has 0 fully saturated rings. The molecule has 3 heterocycles. The molecule has 0 aliphatic carbocycles. The molecule has 0 spiro atoms. The number of aryl methyl sites for hydroxylation is 3. The molecule has 0 N–H and O–H groups in total. The van der Waals surface area contributed by atoms with Gasteiger partial charge in [0.1, 0.15) is 0 Å². The average Bonchev–Trinajstić information content (AvgIpc) is 3.38. The van der Waals surface area contributed by atoms with Gasteiger partial charge >= 0.3 is 20.1 Å². The smallest absolute Gasteiger partial charge is 0.256 e. The van der Waals surface area contributed by atoms with Gasteiger partial charge < -0.3 is 0 Å². The summed E-state index contributed by atoms with van der Waals surface area (Å²) in [5, 5.41) is 7.41. The van der Waals surface area contributed by atoms with Gasteiger partial charge in [-0.2, -0.15) is 0 Å². The van der Waals surface area contributed by atoms with Gasteiger partial charge in [0.05, 0.1) is 17.1 Å². The Bertz CT molecular complexity index is 2490. The van der Waals surface area contributed by atoms with E-state index in [-0.39, 0.29) is 20.1 Å². The van der Waals surface area contributed by atoms with Crippen LogP contribution in [0.15, 0.2) is 182 Å². The quantitative estimate of drug-likeness (QED) is 0.0804. The molecule has 6 aromatic carbocycles. The Morgan fingerprint density at radius 3 is 0.821 bits per heavy atom. The number of fused-ring (bicyclic) bond motifs is 3. The first-order valence-electron chi connectivity index (χ1n) is 24.9. The molecular weight excluding hydrogens is 991 g/mol. The monoisotopic (exact) mass is 1060 g/mol. The van der Waals surface area contributed by atoms with Crippen LogP contribution in [0.5, 0.6) is 0 Å². The van der Waals surface area contributed by atoms with E-state index in [0.29, 0.717) is 0 Å². The van der Waals surface area contributed by atoms with Crippen molar-refractivity contribution in [1.82, 2.24) is 15.0 Å². The van der Waals surface area contributed by atoms with Gasteiger partial charge in [-0.15, -0.1) is 0 Å². The summed E-state index contributed by atoms with van der Waals surface area (Å²) in [5.41, 5.74) is 11.1. The van der Waals surface area contributed by atoms with E-state index in [1.807, 2.05) is 18.6 Å². The Hall–Kier alpha value is -5.80. The van der Waals surface area contributed by atoms with Crippen LogP contribution >= 0.6 is 0 Å². The van der Waals surface area contributed by atoms with E-state index < -0.39 is 0 Å². The maximum atomic E-state index is 4.59. The molecule has 342 valence electrons. The Morgan fingerprint density at radius 1 is 0.284 bits per heavy atom. The molecule has 67 heavy (non-hydrogen) atoms. The summed E-state index contributed by atoms with van der Waals surface area (Å²) < 4.78 is 0. The summed E-state index contributed by atoms with van der Waals surface area (Å²) in [6.07, 6.45) is 25.1. The molecule has 9 aromatic rings. The molecule has 0 amide bonds. The number of rotatable bonds is 18. The van der Waals surface area contributed by atoms with Gasteiger partial charge in [-0.05, 0) is 89.6 Å². The Kier molecular flexibility index (Phi) is 21.0. The third-order valence-electron chi connectivity index (χ3n) is 12.7. The van der Waals surface area contributed by atoms with Crippen LogP contribution in [0.3, 0.4) is 0 Å². The third-order valence-corrected chi connectivity index (χ3v) is 12.7. The summed E-state index contributed by atoms with van der Waals surface area (Å²) in [4.78, 5) is 13.8. The van der Waals surface area contributed by atoms with Gasteiger partial charge in [0.2, 0.25) is 0 Å². The van der Waals surface area contributed by atoms with Crippen LogP contribution in [0.4, 0.5) is 0 Å². The zero-order chi connectivity index (χ0) is 45.6. The molecule has 0 saturated carbocycles. The Morgan fingerprint density at radius 2 is 0.552 bits per heavy atom. The first-order chi connectivity index (χ1) is 32.6. The molecule has 3 aromatic heterocycles. The SMILES string of the molecule is CCCCCCc1ccc(-c2nccc3ccccc23)cc1.CCCCCCc1ccc(-c2nccc3ccccc23)cc1.CCCCCCc1ccc(-c2nccc3ccccc23)cc1.[Ir+3]. The van der Waals surface area contributed by atoms with Crippen molar-refractivity contribution in [2.75, 3.05) is 0 Å². The molecule has 0 aliphatic rings. The Labute approximate surface area is 414 Å². The summed E-state index contributed by atoms with van der Waals surface area (Å²) in [6, 6.07) is 58.3. The fourth-order valence-corrected chi connectivity index (χ4v) is 8.80. The fraction of sp³-hybridized carbons (Fsp3) is 0.286. The van der Waals surface area contributed by atoms with Gasteiger partial charge in [0.25, 0.3) is 0 Å². The second-order valence-electron chi connectivity index (χ2n) is 17.7. The molecule has 0 aliphatic heterocycles. The topological polar surface area (TPSA) is 38.7 Å². The normalized spacial score (nSPS) is 10.8. The number of pyridine rings is 3. The van der Waals surface area contributed by atoms with E-state index in [4.69, 9.17) is 0 Å². The first-order valence-corrected chi connectivity index (χ1v) is 24.9. The van der Waals surface area contributed by atoms with Gasteiger partial charge in [0.15, 0.2) is 0 Å². The number of aromatic nitrogens is 3. The largest absolute Gasteiger partial charge is 3.00 e. The summed E-state index contributed by atoms with van der Waals surface area (Å²) in [5.74, 6) is 0. The van der Waals surface area contributed by atoms with Gasteiger partial charge in [-0.3, -0.25) is 15.0 Å². The molecule has 0 radical (unpaired) electrons. The van der Waals surface area contributed by atoms with E-state index in [9.17, 15) is 0 Å². The van der Waals surface area contributed by atoms with Crippen molar-refractivity contribution in [1.29, 1.82) is 0 Å². The predicted octanol–water partition coefficient (Wildman–Crippen LogP) is 18.1.